The molecular formula is C21H15F5N2O3S. The van der Waals surface area contributed by atoms with Gasteiger partial charge in [-0.2, -0.15) is 0 Å². The molecule has 11 heteroatoms. The summed E-state index contributed by atoms with van der Waals surface area (Å²) in [7, 11) is 0.617. The average molecular weight is 470 g/mol. The number of hydrogen-bond acceptors (Lipinski definition) is 5. The van der Waals surface area contributed by atoms with Crippen molar-refractivity contribution < 1.29 is 35.6 Å². The Bertz CT molecular complexity index is 1200. The number of benzene rings is 3. The van der Waals surface area contributed by atoms with Crippen LogP contribution >= 0.6 is 0 Å². The minimum atomic E-state index is -2.32. The predicted octanol–water partition coefficient (Wildman–Crippen LogP) is 6.29. The van der Waals surface area contributed by atoms with Crippen LogP contribution in [0.4, 0.5) is 33.3 Å². The fourth-order valence-corrected chi connectivity index (χ4v) is 3.96. The lowest BCUT2D eigenvalue weighted by atomic mass is 10.2. The summed E-state index contributed by atoms with van der Waals surface area (Å²) in [6.07, 6.45) is 0. The molecule has 5 nitrogen and oxygen atoms in total. The van der Waals surface area contributed by atoms with Gasteiger partial charge < -0.3 is 9.47 Å². The number of azo groups is 1. The van der Waals surface area contributed by atoms with Crippen molar-refractivity contribution in [2.45, 2.75) is 16.7 Å². The van der Waals surface area contributed by atoms with Crippen molar-refractivity contribution in [1.29, 1.82) is 0 Å². The SMILES string of the molecule is COc1ccc(OC)c(S(=O)c2ccc(C)cc2)c1N=Nc1c(F)c(F)c(F)c(F)c1F. The topological polar surface area (TPSA) is 60.2 Å². The number of hydrogen-bond donors (Lipinski definition) is 0. The molecular weight excluding hydrogens is 455 g/mol. The average Bonchev–Trinajstić information content (AvgIpc) is 2.80. The summed E-state index contributed by atoms with van der Waals surface area (Å²) in [6.45, 7) is 1.84. The standard InChI is InChI=1S/C21H15F5N2O3S/c1-10-4-6-11(7-5-10)32(29)21-13(31-3)9-8-12(30-2)19(21)27-28-20-17(25)15(23)14(22)16(24)18(20)26/h4-9H,1-3H3. The number of ether oxygens (including phenoxy) is 2. The highest BCUT2D eigenvalue weighted by atomic mass is 32.2. The first-order valence-corrected chi connectivity index (χ1v) is 10.0. The second kappa shape index (κ2) is 9.43. The van der Waals surface area contributed by atoms with Crippen LogP contribution in [0.2, 0.25) is 0 Å². The molecule has 0 aliphatic carbocycles. The van der Waals surface area contributed by atoms with E-state index < -0.39 is 45.6 Å². The number of methoxy groups -OCH3 is 2. The third-order valence-corrected chi connectivity index (χ3v) is 5.82. The molecule has 0 saturated heterocycles. The van der Waals surface area contributed by atoms with Gasteiger partial charge in [0.1, 0.15) is 22.1 Å². The molecule has 0 aliphatic rings. The van der Waals surface area contributed by atoms with E-state index in [0.29, 0.717) is 4.90 Å². The maximum atomic E-state index is 14.0. The Morgan fingerprint density at radius 3 is 1.69 bits per heavy atom. The molecule has 0 radical (unpaired) electrons. The van der Waals surface area contributed by atoms with Gasteiger partial charge in [0.25, 0.3) is 0 Å². The van der Waals surface area contributed by atoms with E-state index in [9.17, 15) is 26.2 Å². The van der Waals surface area contributed by atoms with Gasteiger partial charge in [0.2, 0.25) is 5.82 Å². The first-order valence-electron chi connectivity index (χ1n) is 8.87. The molecule has 3 aromatic carbocycles. The van der Waals surface area contributed by atoms with Gasteiger partial charge in [0.05, 0.1) is 25.0 Å². The van der Waals surface area contributed by atoms with Gasteiger partial charge in [-0.15, -0.1) is 10.2 Å². The maximum Gasteiger partial charge on any atom is 0.200 e. The van der Waals surface area contributed by atoms with E-state index in [2.05, 4.69) is 10.2 Å². The normalized spacial score (nSPS) is 12.2. The van der Waals surface area contributed by atoms with Gasteiger partial charge in [0, 0.05) is 4.90 Å². The summed E-state index contributed by atoms with van der Waals surface area (Å²) < 4.78 is 92.0. The van der Waals surface area contributed by atoms with E-state index in [1.165, 1.54) is 26.4 Å². The van der Waals surface area contributed by atoms with E-state index in [-0.39, 0.29) is 22.1 Å². The van der Waals surface area contributed by atoms with Gasteiger partial charge in [-0.3, -0.25) is 0 Å². The van der Waals surface area contributed by atoms with Crippen molar-refractivity contribution in [3.63, 3.8) is 0 Å². The van der Waals surface area contributed by atoms with Crippen LogP contribution < -0.4 is 9.47 Å². The summed E-state index contributed by atoms with van der Waals surface area (Å²) in [5.74, 6) is -10.9. The van der Waals surface area contributed by atoms with E-state index in [0.717, 1.165) is 5.56 Å². The Morgan fingerprint density at radius 2 is 1.16 bits per heavy atom. The Balaban J connectivity index is 2.23. The van der Waals surface area contributed by atoms with Crippen molar-refractivity contribution in [2.24, 2.45) is 10.2 Å². The Morgan fingerprint density at radius 1 is 0.688 bits per heavy atom. The molecule has 32 heavy (non-hydrogen) atoms. The quantitative estimate of drug-likeness (QED) is 0.184. The summed E-state index contributed by atoms with van der Waals surface area (Å²) in [5, 5.41) is 6.88. The van der Waals surface area contributed by atoms with E-state index in [4.69, 9.17) is 9.47 Å². The molecule has 3 rings (SSSR count). The lowest BCUT2D eigenvalue weighted by molar-refractivity contribution is 0.380. The van der Waals surface area contributed by atoms with Crippen LogP contribution in [0, 0.1) is 36.0 Å². The second-order valence-corrected chi connectivity index (χ2v) is 7.77. The van der Waals surface area contributed by atoms with Crippen LogP contribution in [0.1, 0.15) is 5.56 Å². The molecule has 0 fully saturated rings. The van der Waals surface area contributed by atoms with Gasteiger partial charge >= 0.3 is 0 Å². The summed E-state index contributed by atoms with van der Waals surface area (Å²) >= 11 is 0. The fraction of sp³-hybridized carbons (Fsp3) is 0.143. The van der Waals surface area contributed by atoms with Crippen LogP contribution in [0.3, 0.4) is 0 Å². The molecule has 0 spiro atoms. The first-order chi connectivity index (χ1) is 15.2. The highest BCUT2D eigenvalue weighted by molar-refractivity contribution is 7.85. The minimum Gasteiger partial charge on any atom is -0.495 e. The van der Waals surface area contributed by atoms with E-state index in [1.54, 1.807) is 24.3 Å². The fourth-order valence-electron chi connectivity index (χ4n) is 2.69. The Hall–Kier alpha value is -3.34. The van der Waals surface area contributed by atoms with Crippen molar-refractivity contribution >= 4 is 22.2 Å². The lowest BCUT2D eigenvalue weighted by Crippen LogP contribution is -2.01. The van der Waals surface area contributed by atoms with Crippen molar-refractivity contribution in [2.75, 3.05) is 14.2 Å². The molecule has 0 saturated carbocycles. The highest BCUT2D eigenvalue weighted by Gasteiger charge is 2.27. The molecule has 168 valence electrons. The van der Waals surface area contributed by atoms with E-state index >= 15 is 0 Å². The number of halogens is 5. The Kier molecular flexibility index (Phi) is 6.87. The third-order valence-electron chi connectivity index (χ3n) is 4.36. The monoisotopic (exact) mass is 470 g/mol. The van der Waals surface area contributed by atoms with Crippen LogP contribution in [0.15, 0.2) is 56.4 Å². The molecule has 0 bridgehead atoms. The smallest absolute Gasteiger partial charge is 0.200 e. The van der Waals surface area contributed by atoms with Crippen molar-refractivity contribution in [3.05, 3.63) is 71.0 Å². The maximum absolute atomic E-state index is 14.0. The summed E-state index contributed by atoms with van der Waals surface area (Å²) in [5.41, 5.74) is -0.859. The van der Waals surface area contributed by atoms with Crippen LogP contribution in [0.25, 0.3) is 0 Å². The summed E-state index contributed by atoms with van der Waals surface area (Å²) in [4.78, 5) is 0.276. The number of nitrogens with zero attached hydrogens (tertiary/aromatic N) is 2. The Labute approximate surface area is 182 Å². The molecule has 0 N–H and O–H groups in total. The lowest BCUT2D eigenvalue weighted by Gasteiger charge is -2.14. The van der Waals surface area contributed by atoms with Crippen LogP contribution in [-0.4, -0.2) is 18.4 Å². The largest absolute Gasteiger partial charge is 0.495 e. The van der Waals surface area contributed by atoms with Crippen molar-refractivity contribution in [1.82, 2.24) is 0 Å². The van der Waals surface area contributed by atoms with Crippen LogP contribution in [-0.2, 0) is 10.8 Å². The van der Waals surface area contributed by atoms with Gasteiger partial charge in [-0.05, 0) is 31.2 Å². The zero-order chi connectivity index (χ0) is 23.6. The van der Waals surface area contributed by atoms with Gasteiger partial charge in [0.15, 0.2) is 29.0 Å². The number of aryl methyl sites for hydroxylation is 1. The van der Waals surface area contributed by atoms with Crippen LogP contribution in [0.5, 0.6) is 11.5 Å². The molecule has 3 aromatic rings. The van der Waals surface area contributed by atoms with Crippen molar-refractivity contribution in [3.8, 4) is 11.5 Å². The summed E-state index contributed by atoms with van der Waals surface area (Å²) in [6, 6.07) is 9.41. The second-order valence-electron chi connectivity index (χ2n) is 6.35. The van der Waals surface area contributed by atoms with E-state index in [1.807, 2.05) is 6.92 Å². The predicted molar refractivity (Wildman–Crippen MR) is 106 cm³/mol. The van der Waals surface area contributed by atoms with Gasteiger partial charge in [-0.25, -0.2) is 26.2 Å². The minimum absolute atomic E-state index is 0.0196. The molecule has 1 atom stereocenters. The third kappa shape index (κ3) is 4.20. The highest BCUT2D eigenvalue weighted by Crippen LogP contribution is 2.43. The zero-order valence-corrected chi connectivity index (χ0v) is 17.7. The molecule has 0 heterocycles. The molecule has 0 aromatic heterocycles. The van der Waals surface area contributed by atoms with Gasteiger partial charge in [-0.1, -0.05) is 17.7 Å². The first kappa shape index (κ1) is 23.3. The molecule has 0 aliphatic heterocycles. The zero-order valence-electron chi connectivity index (χ0n) is 16.9. The number of rotatable bonds is 6. The molecule has 1 unspecified atom stereocenters. The molecule has 0 amide bonds.